The maximum atomic E-state index is 12.4. The Bertz CT molecular complexity index is 809. The van der Waals surface area contributed by atoms with Crippen LogP contribution in [0, 0.1) is 10.1 Å². The minimum atomic E-state index is -3.55. The van der Waals surface area contributed by atoms with Crippen LogP contribution in [0.4, 0.5) is 5.69 Å². The number of hydrogen-bond acceptors (Lipinski definition) is 6. The number of nitro groups is 1. The zero-order valence-corrected chi connectivity index (χ0v) is 12.6. The molecule has 2 heterocycles. The monoisotopic (exact) mass is 324 g/mol. The summed E-state index contributed by atoms with van der Waals surface area (Å²) in [5.74, 6) is -0.0189. The Morgan fingerprint density at radius 2 is 2.18 bits per heavy atom. The third-order valence-electron chi connectivity index (χ3n) is 3.78. The molecule has 3 rings (SSSR count). The molecular weight excluding hydrogens is 308 g/mol. The smallest absolute Gasteiger partial charge is 0.271 e. The summed E-state index contributed by atoms with van der Waals surface area (Å²) in [7, 11) is -3.55. The van der Waals surface area contributed by atoms with Gasteiger partial charge in [-0.2, -0.15) is 0 Å². The molecule has 0 spiro atoms. The van der Waals surface area contributed by atoms with E-state index < -0.39 is 14.8 Å². The Balaban J connectivity index is 1.89. The molecule has 8 nitrogen and oxygen atoms in total. The summed E-state index contributed by atoms with van der Waals surface area (Å²) in [5, 5.41) is 13.8. The van der Waals surface area contributed by atoms with Crippen molar-refractivity contribution in [1.82, 2.24) is 15.3 Å². The van der Waals surface area contributed by atoms with Crippen LogP contribution in [-0.4, -0.2) is 41.6 Å². The highest BCUT2D eigenvalue weighted by atomic mass is 32.2. The zero-order chi connectivity index (χ0) is 15.7. The molecule has 0 radical (unpaired) electrons. The van der Waals surface area contributed by atoms with E-state index in [0.29, 0.717) is 11.0 Å². The van der Waals surface area contributed by atoms with Crippen LogP contribution >= 0.6 is 0 Å². The molecule has 1 aliphatic heterocycles. The van der Waals surface area contributed by atoms with Gasteiger partial charge in [-0.3, -0.25) is 10.1 Å². The first-order valence-corrected chi connectivity index (χ1v) is 8.71. The SMILES string of the molecule is O=[N+]([O-])c1ccc2nc(S(=O)(=O)CC3CCCCN3)[nH]c2c1. The van der Waals surface area contributed by atoms with Crippen LogP contribution in [0.5, 0.6) is 0 Å². The third kappa shape index (κ3) is 2.95. The first-order valence-electron chi connectivity index (χ1n) is 7.06. The van der Waals surface area contributed by atoms with Crippen molar-refractivity contribution in [2.45, 2.75) is 30.5 Å². The predicted molar refractivity (Wildman–Crippen MR) is 80.4 cm³/mol. The second-order valence-electron chi connectivity index (χ2n) is 5.43. The lowest BCUT2D eigenvalue weighted by molar-refractivity contribution is -0.384. The fourth-order valence-corrected chi connectivity index (χ4v) is 4.12. The third-order valence-corrected chi connectivity index (χ3v) is 5.41. The van der Waals surface area contributed by atoms with Gasteiger partial charge in [0.2, 0.25) is 15.0 Å². The van der Waals surface area contributed by atoms with Gasteiger partial charge in [0.25, 0.3) is 5.69 Å². The van der Waals surface area contributed by atoms with Gasteiger partial charge in [-0.15, -0.1) is 0 Å². The van der Waals surface area contributed by atoms with E-state index in [1.807, 2.05) is 0 Å². The summed E-state index contributed by atoms with van der Waals surface area (Å²) >= 11 is 0. The van der Waals surface area contributed by atoms with Crippen LogP contribution in [0.1, 0.15) is 19.3 Å². The minimum absolute atomic E-state index is 0.0189. The lowest BCUT2D eigenvalue weighted by Gasteiger charge is -2.22. The Labute approximate surface area is 127 Å². The standard InChI is InChI=1S/C13H16N4O4S/c18-17(19)10-4-5-11-12(7-10)16-13(15-11)22(20,21)8-9-3-1-2-6-14-9/h4-5,7,9,14H,1-3,6,8H2,(H,15,16). The van der Waals surface area contributed by atoms with Crippen molar-refractivity contribution >= 4 is 26.6 Å². The zero-order valence-electron chi connectivity index (χ0n) is 11.8. The van der Waals surface area contributed by atoms with Crippen LogP contribution in [0.2, 0.25) is 0 Å². The highest BCUT2D eigenvalue weighted by Gasteiger charge is 2.25. The quantitative estimate of drug-likeness (QED) is 0.648. The molecule has 118 valence electrons. The number of nitro benzene ring substituents is 1. The number of imidazole rings is 1. The first kappa shape index (κ1) is 14.9. The number of non-ortho nitro benzene ring substituents is 1. The Morgan fingerprint density at radius 1 is 1.36 bits per heavy atom. The number of hydrogen-bond donors (Lipinski definition) is 2. The van der Waals surface area contributed by atoms with Gasteiger partial charge in [0, 0.05) is 18.2 Å². The highest BCUT2D eigenvalue weighted by Crippen LogP contribution is 2.22. The molecule has 1 fully saturated rings. The average molecular weight is 324 g/mol. The summed E-state index contributed by atoms with van der Waals surface area (Å²) in [4.78, 5) is 17.0. The van der Waals surface area contributed by atoms with Crippen molar-refractivity contribution in [2.75, 3.05) is 12.3 Å². The Hall–Kier alpha value is -2.00. The summed E-state index contributed by atoms with van der Waals surface area (Å²) < 4.78 is 24.8. The molecule has 1 unspecified atom stereocenters. The van der Waals surface area contributed by atoms with Gasteiger partial charge in [-0.25, -0.2) is 13.4 Å². The number of benzene rings is 1. The van der Waals surface area contributed by atoms with E-state index in [9.17, 15) is 18.5 Å². The molecule has 1 aromatic heterocycles. The van der Waals surface area contributed by atoms with Crippen molar-refractivity contribution in [3.8, 4) is 0 Å². The predicted octanol–water partition coefficient (Wildman–Crippen LogP) is 1.39. The summed E-state index contributed by atoms with van der Waals surface area (Å²) in [6.07, 6.45) is 2.90. The lowest BCUT2D eigenvalue weighted by atomic mass is 10.1. The van der Waals surface area contributed by atoms with E-state index in [0.717, 1.165) is 25.8 Å². The fraction of sp³-hybridized carbons (Fsp3) is 0.462. The molecule has 0 aliphatic carbocycles. The van der Waals surface area contributed by atoms with E-state index in [-0.39, 0.29) is 22.6 Å². The number of fused-ring (bicyclic) bond motifs is 1. The van der Waals surface area contributed by atoms with Crippen molar-refractivity contribution in [3.63, 3.8) is 0 Å². The van der Waals surface area contributed by atoms with Crippen LogP contribution in [-0.2, 0) is 9.84 Å². The minimum Gasteiger partial charge on any atom is -0.329 e. The van der Waals surface area contributed by atoms with E-state index in [1.165, 1.54) is 18.2 Å². The van der Waals surface area contributed by atoms with Gasteiger partial charge in [-0.1, -0.05) is 6.42 Å². The largest absolute Gasteiger partial charge is 0.329 e. The van der Waals surface area contributed by atoms with Gasteiger partial charge in [0.1, 0.15) is 0 Å². The van der Waals surface area contributed by atoms with Gasteiger partial charge >= 0.3 is 0 Å². The second kappa shape index (κ2) is 5.65. The lowest BCUT2D eigenvalue weighted by Crippen LogP contribution is -2.39. The molecule has 1 atom stereocenters. The van der Waals surface area contributed by atoms with Crippen LogP contribution in [0.3, 0.4) is 0 Å². The molecular formula is C13H16N4O4S. The van der Waals surface area contributed by atoms with E-state index in [4.69, 9.17) is 0 Å². The molecule has 0 amide bonds. The van der Waals surface area contributed by atoms with Crippen molar-refractivity contribution in [3.05, 3.63) is 28.3 Å². The molecule has 22 heavy (non-hydrogen) atoms. The maximum absolute atomic E-state index is 12.4. The van der Waals surface area contributed by atoms with E-state index in [1.54, 1.807) is 0 Å². The molecule has 0 bridgehead atoms. The second-order valence-corrected chi connectivity index (χ2v) is 7.38. The van der Waals surface area contributed by atoms with Gasteiger partial charge in [-0.05, 0) is 25.5 Å². The Morgan fingerprint density at radius 3 is 2.86 bits per heavy atom. The molecule has 0 saturated carbocycles. The highest BCUT2D eigenvalue weighted by molar-refractivity contribution is 7.91. The average Bonchev–Trinajstić information content (AvgIpc) is 2.91. The number of aromatic amines is 1. The molecule has 2 aromatic rings. The molecule has 9 heteroatoms. The number of H-pyrrole nitrogens is 1. The Kier molecular flexibility index (Phi) is 3.83. The van der Waals surface area contributed by atoms with Crippen LogP contribution in [0.15, 0.2) is 23.4 Å². The number of nitrogens with zero attached hydrogens (tertiary/aromatic N) is 2. The van der Waals surface area contributed by atoms with E-state index >= 15 is 0 Å². The van der Waals surface area contributed by atoms with Gasteiger partial charge < -0.3 is 10.3 Å². The van der Waals surface area contributed by atoms with E-state index in [2.05, 4.69) is 15.3 Å². The van der Waals surface area contributed by atoms with Gasteiger partial charge in [0.15, 0.2) is 0 Å². The van der Waals surface area contributed by atoms with Crippen molar-refractivity contribution in [1.29, 1.82) is 0 Å². The number of nitrogens with one attached hydrogen (secondary N) is 2. The van der Waals surface area contributed by atoms with Crippen LogP contribution < -0.4 is 5.32 Å². The molecule has 2 N–H and O–H groups in total. The fourth-order valence-electron chi connectivity index (χ4n) is 2.65. The van der Waals surface area contributed by atoms with Crippen molar-refractivity contribution < 1.29 is 13.3 Å². The van der Waals surface area contributed by atoms with Gasteiger partial charge in [0.05, 0.1) is 21.7 Å². The molecule has 1 aliphatic rings. The topological polar surface area (TPSA) is 118 Å². The van der Waals surface area contributed by atoms with Crippen LogP contribution in [0.25, 0.3) is 11.0 Å². The number of aromatic nitrogens is 2. The maximum Gasteiger partial charge on any atom is 0.271 e. The summed E-state index contributed by atoms with van der Waals surface area (Å²) in [6.45, 7) is 0.826. The normalized spacial score (nSPS) is 19.4. The summed E-state index contributed by atoms with van der Waals surface area (Å²) in [5.41, 5.74) is 0.652. The van der Waals surface area contributed by atoms with Crippen molar-refractivity contribution in [2.24, 2.45) is 0 Å². The number of rotatable bonds is 4. The first-order chi connectivity index (χ1) is 10.5. The summed E-state index contributed by atoms with van der Waals surface area (Å²) in [6, 6.07) is 3.98. The number of piperidine rings is 1. The number of sulfone groups is 1. The molecule has 1 saturated heterocycles. The molecule has 1 aromatic carbocycles.